The van der Waals surface area contributed by atoms with Crippen LogP contribution in [0.5, 0.6) is 0 Å². The van der Waals surface area contributed by atoms with Gasteiger partial charge >= 0.3 is 0 Å². The molecule has 2 unspecified atom stereocenters. The zero-order chi connectivity index (χ0) is 18.2. The van der Waals surface area contributed by atoms with Gasteiger partial charge in [0.05, 0.1) is 32.6 Å². The number of furan rings is 1. The molecule has 0 radical (unpaired) electrons. The summed E-state index contributed by atoms with van der Waals surface area (Å²) in [5, 5.41) is 6.81. The molecule has 7 nitrogen and oxygen atoms in total. The fourth-order valence-corrected chi connectivity index (χ4v) is 3.09. The molecule has 0 aromatic carbocycles. The van der Waals surface area contributed by atoms with E-state index in [0.29, 0.717) is 32.4 Å². The number of aliphatic imine (C=N–C) groups is 1. The highest BCUT2D eigenvalue weighted by molar-refractivity contribution is 5.80. The molecule has 0 bridgehead atoms. The summed E-state index contributed by atoms with van der Waals surface area (Å²) in [4.78, 5) is 4.72. The predicted molar refractivity (Wildman–Crippen MR) is 99.2 cm³/mol. The van der Waals surface area contributed by atoms with E-state index in [2.05, 4.69) is 24.5 Å². The molecule has 1 aromatic heterocycles. The summed E-state index contributed by atoms with van der Waals surface area (Å²) in [5.41, 5.74) is 0. The van der Waals surface area contributed by atoms with E-state index in [9.17, 15) is 0 Å². The molecule has 7 heteroatoms. The summed E-state index contributed by atoms with van der Waals surface area (Å²) >= 11 is 0. The van der Waals surface area contributed by atoms with Crippen LogP contribution in [-0.2, 0) is 20.6 Å². The molecule has 1 aromatic rings. The van der Waals surface area contributed by atoms with Crippen molar-refractivity contribution in [3.8, 4) is 0 Å². The van der Waals surface area contributed by atoms with E-state index in [4.69, 9.17) is 23.6 Å². The summed E-state index contributed by atoms with van der Waals surface area (Å²) in [6.45, 7) is 7.63. The molecular formula is C19H31N3O4. The van der Waals surface area contributed by atoms with Crippen LogP contribution in [0.4, 0.5) is 0 Å². The van der Waals surface area contributed by atoms with E-state index in [1.165, 1.54) is 0 Å². The summed E-state index contributed by atoms with van der Waals surface area (Å²) in [7, 11) is 0. The molecule has 2 saturated heterocycles. The molecule has 2 aliphatic heterocycles. The molecule has 26 heavy (non-hydrogen) atoms. The van der Waals surface area contributed by atoms with E-state index >= 15 is 0 Å². The van der Waals surface area contributed by atoms with Crippen LogP contribution >= 0.6 is 0 Å². The van der Waals surface area contributed by atoms with Crippen molar-refractivity contribution in [1.82, 2.24) is 10.6 Å². The Morgan fingerprint density at radius 3 is 2.96 bits per heavy atom. The van der Waals surface area contributed by atoms with Crippen LogP contribution in [-0.4, -0.2) is 56.8 Å². The monoisotopic (exact) mass is 365 g/mol. The highest BCUT2D eigenvalue weighted by atomic mass is 16.7. The average molecular weight is 365 g/mol. The van der Waals surface area contributed by atoms with E-state index in [1.54, 1.807) is 6.26 Å². The molecule has 0 saturated carbocycles. The molecule has 146 valence electrons. The Morgan fingerprint density at radius 2 is 2.23 bits per heavy atom. The Morgan fingerprint density at radius 1 is 1.38 bits per heavy atom. The van der Waals surface area contributed by atoms with E-state index in [-0.39, 0.29) is 6.10 Å². The Bertz CT molecular complexity index is 555. The fraction of sp³-hybridized carbons (Fsp3) is 0.737. The molecule has 2 fully saturated rings. The number of ether oxygens (including phenoxy) is 3. The molecule has 3 heterocycles. The van der Waals surface area contributed by atoms with Crippen LogP contribution in [0.15, 0.2) is 27.8 Å². The van der Waals surface area contributed by atoms with Gasteiger partial charge in [-0.25, -0.2) is 0 Å². The number of rotatable bonds is 7. The van der Waals surface area contributed by atoms with E-state index in [1.807, 2.05) is 12.1 Å². The van der Waals surface area contributed by atoms with Gasteiger partial charge in [0.15, 0.2) is 11.7 Å². The topological polar surface area (TPSA) is 77.3 Å². The number of nitrogens with zero attached hydrogens (tertiary/aromatic N) is 1. The first-order chi connectivity index (χ1) is 12.7. The van der Waals surface area contributed by atoms with Gasteiger partial charge in [-0.15, -0.1) is 0 Å². The summed E-state index contributed by atoms with van der Waals surface area (Å²) < 4.78 is 22.9. The van der Waals surface area contributed by atoms with Crippen molar-refractivity contribution in [1.29, 1.82) is 0 Å². The minimum atomic E-state index is -0.449. The van der Waals surface area contributed by atoms with Crippen LogP contribution in [0.1, 0.15) is 38.9 Å². The number of hydrogen-bond donors (Lipinski definition) is 2. The van der Waals surface area contributed by atoms with Crippen molar-refractivity contribution in [2.45, 2.75) is 57.5 Å². The third-order valence-electron chi connectivity index (χ3n) is 4.86. The maximum absolute atomic E-state index is 6.16. The van der Waals surface area contributed by atoms with E-state index in [0.717, 1.165) is 43.9 Å². The lowest BCUT2D eigenvalue weighted by Crippen LogP contribution is -2.43. The quantitative estimate of drug-likeness (QED) is 0.569. The lowest BCUT2D eigenvalue weighted by molar-refractivity contribution is -0.210. The van der Waals surface area contributed by atoms with Crippen molar-refractivity contribution in [3.63, 3.8) is 0 Å². The zero-order valence-corrected chi connectivity index (χ0v) is 15.8. The third-order valence-corrected chi connectivity index (χ3v) is 4.86. The molecule has 2 atom stereocenters. The standard InChI is InChI=1S/C19H31N3O4/c1-3-15(2)22-18(20-9-6-16-5-4-10-24-16)21-13-17-14-25-19(26-17)7-11-23-12-8-19/h4-5,10,15,17H,3,6-9,11-14H2,1-2H3,(H2,20,21,22). The largest absolute Gasteiger partial charge is 0.469 e. The van der Waals surface area contributed by atoms with Crippen molar-refractivity contribution in [2.24, 2.45) is 4.99 Å². The minimum Gasteiger partial charge on any atom is -0.469 e. The lowest BCUT2D eigenvalue weighted by Gasteiger charge is -2.31. The first-order valence-corrected chi connectivity index (χ1v) is 9.66. The van der Waals surface area contributed by atoms with Gasteiger partial charge < -0.3 is 29.3 Å². The maximum atomic E-state index is 6.16. The Balaban J connectivity index is 1.50. The second kappa shape index (κ2) is 9.39. The van der Waals surface area contributed by atoms with Crippen LogP contribution in [0.2, 0.25) is 0 Å². The van der Waals surface area contributed by atoms with Crippen LogP contribution in [0.25, 0.3) is 0 Å². The third kappa shape index (κ3) is 5.46. The van der Waals surface area contributed by atoms with Crippen LogP contribution < -0.4 is 10.6 Å². The molecule has 3 rings (SSSR count). The van der Waals surface area contributed by atoms with Crippen molar-refractivity contribution in [2.75, 3.05) is 32.9 Å². The average Bonchev–Trinajstić information content (AvgIpc) is 3.30. The predicted octanol–water partition coefficient (Wildman–Crippen LogP) is 2.08. The summed E-state index contributed by atoms with van der Waals surface area (Å²) in [6.07, 6.45) is 5.14. The molecular weight excluding hydrogens is 334 g/mol. The zero-order valence-electron chi connectivity index (χ0n) is 15.8. The SMILES string of the molecule is CCC(C)NC(=NCC1COC2(CCOCC2)O1)NCCc1ccco1. The minimum absolute atomic E-state index is 0.00583. The first kappa shape index (κ1) is 19.2. The van der Waals surface area contributed by atoms with Crippen LogP contribution in [0.3, 0.4) is 0 Å². The van der Waals surface area contributed by atoms with Gasteiger partial charge in [-0.05, 0) is 25.5 Å². The number of hydrogen-bond acceptors (Lipinski definition) is 5. The lowest BCUT2D eigenvalue weighted by atomic mass is 10.1. The maximum Gasteiger partial charge on any atom is 0.191 e. The second-order valence-electron chi connectivity index (χ2n) is 6.97. The van der Waals surface area contributed by atoms with Gasteiger partial charge in [0, 0.05) is 31.8 Å². The van der Waals surface area contributed by atoms with E-state index < -0.39 is 5.79 Å². The molecule has 1 spiro atoms. The van der Waals surface area contributed by atoms with Gasteiger partial charge in [-0.1, -0.05) is 6.92 Å². The van der Waals surface area contributed by atoms with Gasteiger partial charge in [0.2, 0.25) is 0 Å². The van der Waals surface area contributed by atoms with Gasteiger partial charge in [0.25, 0.3) is 0 Å². The smallest absolute Gasteiger partial charge is 0.191 e. The Kier molecular flexibility index (Phi) is 6.93. The normalized spacial score (nSPS) is 23.9. The molecule has 0 aliphatic carbocycles. The highest BCUT2D eigenvalue weighted by Crippen LogP contribution is 2.33. The van der Waals surface area contributed by atoms with Crippen molar-refractivity contribution < 1.29 is 18.6 Å². The first-order valence-electron chi connectivity index (χ1n) is 9.66. The molecule has 2 N–H and O–H groups in total. The van der Waals surface area contributed by atoms with Gasteiger partial charge in [0.1, 0.15) is 11.9 Å². The summed E-state index contributed by atoms with van der Waals surface area (Å²) in [5.74, 6) is 1.33. The highest BCUT2D eigenvalue weighted by Gasteiger charge is 2.42. The molecule has 2 aliphatic rings. The summed E-state index contributed by atoms with van der Waals surface area (Å²) in [6, 6.07) is 4.25. The van der Waals surface area contributed by atoms with Crippen LogP contribution in [0, 0.1) is 0 Å². The fourth-order valence-electron chi connectivity index (χ4n) is 3.09. The molecule has 0 amide bonds. The Labute approximate surface area is 155 Å². The number of nitrogens with one attached hydrogen (secondary N) is 2. The van der Waals surface area contributed by atoms with Gasteiger partial charge in [-0.3, -0.25) is 4.99 Å². The number of guanidine groups is 1. The van der Waals surface area contributed by atoms with Crippen molar-refractivity contribution in [3.05, 3.63) is 24.2 Å². The Hall–Kier alpha value is -1.57. The second-order valence-corrected chi connectivity index (χ2v) is 6.97. The van der Waals surface area contributed by atoms with Crippen molar-refractivity contribution >= 4 is 5.96 Å². The van der Waals surface area contributed by atoms with Gasteiger partial charge in [-0.2, -0.15) is 0 Å².